The molecule has 1 saturated heterocycles. The van der Waals surface area contributed by atoms with Crippen LogP contribution >= 0.6 is 11.3 Å². The van der Waals surface area contributed by atoms with Gasteiger partial charge in [-0.2, -0.15) is 8.42 Å². The molecule has 10 nitrogen and oxygen atoms in total. The summed E-state index contributed by atoms with van der Waals surface area (Å²) in [5.74, 6) is 1.14. The van der Waals surface area contributed by atoms with E-state index in [9.17, 15) is 30.8 Å². The summed E-state index contributed by atoms with van der Waals surface area (Å²) in [5.41, 5.74) is 0.977. The minimum absolute atomic E-state index is 0.152. The molecule has 41 heavy (non-hydrogen) atoms. The van der Waals surface area contributed by atoms with Gasteiger partial charge >= 0.3 is 0 Å². The van der Waals surface area contributed by atoms with E-state index in [1.165, 1.54) is 17.5 Å². The average Bonchev–Trinajstić information content (AvgIpc) is 3.30. The fraction of sp³-hybridized carbons (Fsp3) is 0.519. The van der Waals surface area contributed by atoms with Crippen LogP contribution in [0.4, 0.5) is 9.39 Å². The number of nitrogens with zero attached hydrogens (tertiary/aromatic N) is 2. The predicted molar refractivity (Wildman–Crippen MR) is 145 cm³/mol. The molecule has 1 aromatic carbocycles. The van der Waals surface area contributed by atoms with Gasteiger partial charge in [-0.1, -0.05) is 12.1 Å². The molecule has 2 N–H and O–H groups in total. The lowest BCUT2D eigenvalue weighted by Crippen LogP contribution is -2.95. The Hall–Kier alpha value is -2.68. The molecule has 2 aliphatic heterocycles. The predicted octanol–water partition coefficient (Wildman–Crippen LogP) is 1.66. The number of likely N-dealkylation sites (tertiary alicyclic amines) is 1. The Labute approximate surface area is 239 Å². The first-order chi connectivity index (χ1) is 19.5. The van der Waals surface area contributed by atoms with Crippen LogP contribution in [0.15, 0.2) is 38.9 Å². The van der Waals surface area contributed by atoms with E-state index in [1.807, 2.05) is 0 Å². The highest BCUT2D eigenvalue weighted by Crippen LogP contribution is 2.93. The molecule has 0 spiro atoms. The zero-order valence-corrected chi connectivity index (χ0v) is 24.0. The summed E-state index contributed by atoms with van der Waals surface area (Å²) in [6.45, 7) is -0.0228. The number of thiophene rings is 1. The van der Waals surface area contributed by atoms with Gasteiger partial charge in [0, 0.05) is 30.6 Å². The van der Waals surface area contributed by atoms with Gasteiger partial charge in [-0.3, -0.25) is 9.59 Å². The lowest BCUT2D eigenvalue weighted by molar-refractivity contribution is -0.479. The van der Waals surface area contributed by atoms with Gasteiger partial charge in [-0.05, 0) is 70.4 Å². The summed E-state index contributed by atoms with van der Waals surface area (Å²) < 4.78 is 69.9. The molecule has 7 fully saturated rings. The van der Waals surface area contributed by atoms with E-state index < -0.39 is 31.9 Å². The Morgan fingerprint density at radius 3 is 2.32 bits per heavy atom. The van der Waals surface area contributed by atoms with E-state index in [-0.39, 0.29) is 63.9 Å². The lowest BCUT2D eigenvalue weighted by atomic mass is 9.09. The van der Waals surface area contributed by atoms with Gasteiger partial charge in [0.05, 0.1) is 6.26 Å². The molecular weight excluding hydrogens is 592 g/mol. The highest BCUT2D eigenvalue weighted by molar-refractivity contribution is 7.91. The van der Waals surface area contributed by atoms with Crippen molar-refractivity contribution in [2.75, 3.05) is 11.6 Å². The van der Waals surface area contributed by atoms with Crippen LogP contribution in [-0.2, 0) is 42.7 Å². The van der Waals surface area contributed by atoms with E-state index in [1.54, 1.807) is 17.0 Å². The second kappa shape index (κ2) is 7.63. The third-order valence-corrected chi connectivity index (χ3v) is 14.3. The quantitative estimate of drug-likeness (QED) is 0.470. The maximum Gasteiger partial charge on any atom is 0.287 e. The number of hydrogen-bond acceptors (Lipinski definition) is 8. The number of Topliss-reactive ketones (excluding diaryl/α,β-unsaturated/α-hetero) is 1. The Kier molecular flexibility index (Phi) is 4.63. The van der Waals surface area contributed by atoms with Crippen molar-refractivity contribution < 1.29 is 30.8 Å². The summed E-state index contributed by atoms with van der Waals surface area (Å²) in [7, 11) is -7.90. The van der Waals surface area contributed by atoms with Gasteiger partial charge in [0.25, 0.3) is 10.0 Å². The van der Waals surface area contributed by atoms with Crippen LogP contribution in [0, 0.1) is 65.0 Å². The molecule has 14 heteroatoms. The van der Waals surface area contributed by atoms with E-state index in [2.05, 4.69) is 14.4 Å². The number of fused-ring (bicyclic) bond motifs is 1. The maximum absolute atomic E-state index is 14.3. The van der Waals surface area contributed by atoms with Gasteiger partial charge in [0.15, 0.2) is 11.7 Å². The van der Waals surface area contributed by atoms with Gasteiger partial charge < -0.3 is 10.2 Å². The van der Waals surface area contributed by atoms with Crippen LogP contribution in [0.2, 0.25) is 0 Å². The topological polar surface area (TPSA) is 142 Å². The number of anilines is 1. The van der Waals surface area contributed by atoms with E-state index >= 15 is 0 Å². The molecule has 10 rings (SSSR count). The molecule has 2 aromatic rings. The lowest BCUT2D eigenvalue weighted by Gasteiger charge is -2.95. The second-order valence-electron chi connectivity index (χ2n) is 12.7. The highest BCUT2D eigenvalue weighted by atomic mass is 32.2. The van der Waals surface area contributed by atoms with Gasteiger partial charge in [-0.25, -0.2) is 17.5 Å². The highest BCUT2D eigenvalue weighted by Gasteiger charge is 2.92. The first kappa shape index (κ1) is 24.9. The molecule has 7 atom stereocenters. The number of nitrogens with one attached hydrogen (secondary N) is 2. The van der Waals surface area contributed by atoms with E-state index in [4.69, 9.17) is 0 Å². The van der Waals surface area contributed by atoms with Crippen molar-refractivity contribution in [3.8, 4) is 0 Å². The SMILES string of the molecule is CS(=O)(=O)NCc1csc2c1S(=O)(=O)N=C(C1C(=O)[C@@H]3C4C5C6C7C5C(C7C64)[C@@H]3N(Cc3ccc(F)cc3)C1=O)N2. The van der Waals surface area contributed by atoms with Gasteiger partial charge in [-0.15, -0.1) is 15.7 Å². The van der Waals surface area contributed by atoms with Crippen molar-refractivity contribution in [2.24, 2.45) is 63.6 Å². The first-order valence-electron chi connectivity index (χ1n) is 13.7. The number of carbonyl (C=O) groups is 2. The van der Waals surface area contributed by atoms with Crippen LogP contribution < -0.4 is 10.0 Å². The largest absolute Gasteiger partial charge is 0.333 e. The monoisotopic (exact) mass is 616 g/mol. The zero-order valence-electron chi connectivity index (χ0n) is 21.6. The van der Waals surface area contributed by atoms with Crippen LogP contribution in [0.3, 0.4) is 0 Å². The summed E-state index contributed by atoms with van der Waals surface area (Å²) in [4.78, 5) is 30.1. The third kappa shape index (κ3) is 2.96. The van der Waals surface area contributed by atoms with Crippen molar-refractivity contribution in [3.63, 3.8) is 0 Å². The van der Waals surface area contributed by atoms with Gasteiger partial charge in [0.1, 0.15) is 21.5 Å². The summed E-state index contributed by atoms with van der Waals surface area (Å²) in [6, 6.07) is 5.74. The first-order valence-corrected chi connectivity index (χ1v) is 17.9. The number of amides is 1. The Morgan fingerprint density at radius 2 is 1.66 bits per heavy atom. The number of hydrogen-bond donors (Lipinski definition) is 2. The normalized spacial score (nSPS) is 41.5. The summed E-state index contributed by atoms with van der Waals surface area (Å²) in [5, 5.41) is 4.69. The number of rotatable bonds is 6. The minimum atomic E-state index is -4.33. The van der Waals surface area contributed by atoms with E-state index in [0.717, 1.165) is 35.0 Å². The molecule has 2 bridgehead atoms. The number of benzene rings is 1. The summed E-state index contributed by atoms with van der Waals surface area (Å²) >= 11 is 1.05. The molecule has 8 aliphatic rings. The molecule has 3 heterocycles. The number of halogens is 1. The molecule has 1 amide bonds. The Balaban J connectivity index is 1.09. The summed E-state index contributed by atoms with van der Waals surface area (Å²) in [6.07, 6.45) is 0.979. The number of carbonyl (C=O) groups excluding carboxylic acids is 2. The van der Waals surface area contributed by atoms with E-state index in [0.29, 0.717) is 29.6 Å². The molecule has 214 valence electrons. The number of amidine groups is 1. The standard InChI is InChI=1S/C27H25FN4O6S3/c1-40(35,36)29-6-10-8-39-26-24(10)41(37,38)31-25(30-26)21-23(33)20-18-14-12-13-16(14)19(17(13)15(12)18)22(20)32(27(21)34)7-9-2-4-11(28)5-3-9/h2-5,8,12-22,29H,6-7H2,1H3,(H,30,31)/t12?,13?,14?,15?,16?,17?,18?,19?,20-,21?,22+/m1/s1. The average molecular weight is 617 g/mol. The zero-order chi connectivity index (χ0) is 28.3. The number of sulfonamides is 2. The molecule has 1 aromatic heterocycles. The molecule has 5 unspecified atom stereocenters. The minimum Gasteiger partial charge on any atom is -0.333 e. The smallest absolute Gasteiger partial charge is 0.287 e. The fourth-order valence-corrected chi connectivity index (χ4v) is 13.1. The maximum atomic E-state index is 14.3. The van der Waals surface area contributed by atoms with Crippen LogP contribution in [0.25, 0.3) is 0 Å². The van der Waals surface area contributed by atoms with Crippen LogP contribution in [-0.4, -0.2) is 51.6 Å². The van der Waals surface area contributed by atoms with Crippen molar-refractivity contribution in [1.82, 2.24) is 9.62 Å². The van der Waals surface area contributed by atoms with Crippen LogP contribution in [0.1, 0.15) is 11.1 Å². The van der Waals surface area contributed by atoms with Crippen molar-refractivity contribution >= 4 is 53.9 Å². The number of piperidine rings is 1. The Morgan fingerprint density at radius 1 is 1.02 bits per heavy atom. The fourth-order valence-electron chi connectivity index (χ4n) is 10.1. The van der Waals surface area contributed by atoms with Crippen molar-refractivity contribution in [2.45, 2.75) is 24.0 Å². The van der Waals surface area contributed by atoms with Gasteiger partial charge in [0.2, 0.25) is 15.9 Å². The molecule has 6 saturated carbocycles. The number of ketones is 1. The van der Waals surface area contributed by atoms with Crippen molar-refractivity contribution in [1.29, 1.82) is 0 Å². The van der Waals surface area contributed by atoms with Crippen molar-refractivity contribution in [3.05, 3.63) is 46.6 Å². The Bertz CT molecular complexity index is 1820. The molecular formula is C27H25FN4O6S3. The second-order valence-corrected chi connectivity index (χ2v) is 16.9. The van der Waals surface area contributed by atoms with Crippen LogP contribution in [0.5, 0.6) is 0 Å². The third-order valence-electron chi connectivity index (χ3n) is 11.2. The molecule has 0 radical (unpaired) electrons. The molecule has 6 aliphatic carbocycles.